The van der Waals surface area contributed by atoms with Crippen LogP contribution >= 0.6 is 11.6 Å². The standard InChI is InChI=1S/C35H24ClN9O12S4/c36-33-39-34(37-19-7-11-21(12-8-19)42-44-23-15-27-25(31(17-23)60(52,53)54)3-1-5-29(27)58(46,47)48)41-35(40-33)38-20-9-13-22(14-10-20)43-45-24-16-28-26(32(18-24)61(55,56)57)4-2-6-30(28)59(49,50)51/h1-18H,(H,46,47,48)(H,49,50,51)(H,52,53,54)(H,55,56,57)(H2,37,38,39,40,41)/b44-42+,45-43+. The first-order valence-electron chi connectivity index (χ1n) is 16.6. The molecule has 1 heterocycles. The van der Waals surface area contributed by atoms with Crippen LogP contribution in [0, 0.1) is 0 Å². The molecule has 0 saturated carbocycles. The third-order valence-electron chi connectivity index (χ3n) is 8.33. The minimum absolute atomic E-state index is 0.0302. The zero-order chi connectivity index (χ0) is 43.9. The fourth-order valence-corrected chi connectivity index (χ4v) is 8.79. The molecule has 6 N–H and O–H groups in total. The van der Waals surface area contributed by atoms with Gasteiger partial charge in [0.1, 0.15) is 19.6 Å². The summed E-state index contributed by atoms with van der Waals surface area (Å²) in [6, 6.07) is 23.8. The average molecular weight is 926 g/mol. The molecule has 0 aliphatic heterocycles. The highest BCUT2D eigenvalue weighted by Gasteiger charge is 2.23. The van der Waals surface area contributed by atoms with Crippen molar-refractivity contribution in [2.24, 2.45) is 20.5 Å². The van der Waals surface area contributed by atoms with Gasteiger partial charge < -0.3 is 10.6 Å². The number of rotatable bonds is 12. The second kappa shape index (κ2) is 16.2. The van der Waals surface area contributed by atoms with Crippen molar-refractivity contribution in [3.8, 4) is 0 Å². The molecule has 0 radical (unpaired) electrons. The molecule has 0 amide bonds. The van der Waals surface area contributed by atoms with Crippen molar-refractivity contribution >= 4 is 120 Å². The SMILES string of the molecule is O=S(=O)(O)c1cc(/N=N/c2ccc(Nc3nc(Cl)nc(Nc4ccc(/N=N/c5cc(S(=O)(=O)O)c6cccc(S(=O)(=O)O)c6c5)cc4)n3)cc2)cc2c(S(=O)(=O)O)cccc12. The van der Waals surface area contributed by atoms with E-state index in [0.717, 1.165) is 24.3 Å². The van der Waals surface area contributed by atoms with E-state index in [-0.39, 0.29) is 61.5 Å². The zero-order valence-electron chi connectivity index (χ0n) is 30.1. The van der Waals surface area contributed by atoms with Crippen LogP contribution < -0.4 is 10.6 Å². The van der Waals surface area contributed by atoms with Crippen molar-refractivity contribution in [3.63, 3.8) is 0 Å². The Morgan fingerprint density at radius 1 is 0.410 bits per heavy atom. The molecule has 0 spiro atoms. The summed E-state index contributed by atoms with van der Waals surface area (Å²) in [7, 11) is -19.2. The van der Waals surface area contributed by atoms with Gasteiger partial charge in [0, 0.05) is 32.9 Å². The highest BCUT2D eigenvalue weighted by Crippen LogP contribution is 2.36. The number of azo groups is 2. The molecule has 7 aromatic rings. The van der Waals surface area contributed by atoms with Gasteiger partial charge in [-0.05, 0) is 96.5 Å². The lowest BCUT2D eigenvalue weighted by atomic mass is 10.1. The van der Waals surface area contributed by atoms with Crippen molar-refractivity contribution in [1.29, 1.82) is 0 Å². The monoisotopic (exact) mass is 925 g/mol. The van der Waals surface area contributed by atoms with Crippen LogP contribution in [0.15, 0.2) is 149 Å². The van der Waals surface area contributed by atoms with Crippen molar-refractivity contribution in [2.45, 2.75) is 19.6 Å². The van der Waals surface area contributed by atoms with E-state index in [2.05, 4.69) is 46.0 Å². The summed E-state index contributed by atoms with van der Waals surface area (Å²) in [4.78, 5) is 9.95. The molecule has 1 aromatic heterocycles. The van der Waals surface area contributed by atoms with Gasteiger partial charge in [0.15, 0.2) is 0 Å². The van der Waals surface area contributed by atoms with Crippen LogP contribution in [0.1, 0.15) is 0 Å². The Morgan fingerprint density at radius 3 is 1.10 bits per heavy atom. The van der Waals surface area contributed by atoms with Gasteiger partial charge in [0.05, 0.1) is 22.7 Å². The van der Waals surface area contributed by atoms with E-state index in [4.69, 9.17) is 11.6 Å². The predicted molar refractivity (Wildman–Crippen MR) is 220 cm³/mol. The Morgan fingerprint density at radius 2 is 0.754 bits per heavy atom. The number of nitrogens with zero attached hydrogens (tertiary/aromatic N) is 7. The van der Waals surface area contributed by atoms with Gasteiger partial charge in [0.25, 0.3) is 40.5 Å². The quantitative estimate of drug-likeness (QED) is 0.0497. The molecular weight excluding hydrogens is 902 g/mol. The summed E-state index contributed by atoms with van der Waals surface area (Å²) in [5.74, 6) is 0.0605. The van der Waals surface area contributed by atoms with Crippen LogP contribution in [-0.4, -0.2) is 66.8 Å². The topological polar surface area (TPSA) is 330 Å². The van der Waals surface area contributed by atoms with Crippen LogP contribution in [-0.2, 0) is 40.5 Å². The van der Waals surface area contributed by atoms with Gasteiger partial charge in [-0.3, -0.25) is 18.2 Å². The Balaban J connectivity index is 1.05. The number of aromatic nitrogens is 3. The third kappa shape index (κ3) is 9.97. The Hall–Kier alpha value is -6.42. The fourth-order valence-electron chi connectivity index (χ4n) is 5.78. The van der Waals surface area contributed by atoms with E-state index < -0.39 is 60.1 Å². The number of hydrogen-bond donors (Lipinski definition) is 6. The maximum Gasteiger partial charge on any atom is 0.295 e. The van der Waals surface area contributed by atoms with Crippen LogP contribution in [0.5, 0.6) is 0 Å². The third-order valence-corrected chi connectivity index (χ3v) is 12.1. The summed E-state index contributed by atoms with van der Waals surface area (Å²) in [6.07, 6.45) is 0. The van der Waals surface area contributed by atoms with E-state index >= 15 is 0 Å². The molecule has 21 nitrogen and oxygen atoms in total. The lowest BCUT2D eigenvalue weighted by Gasteiger charge is -2.09. The lowest BCUT2D eigenvalue weighted by molar-refractivity contribution is 0.481. The summed E-state index contributed by atoms with van der Waals surface area (Å²) in [5.41, 5.74) is 1.18. The normalized spacial score (nSPS) is 12.7. The molecule has 61 heavy (non-hydrogen) atoms. The van der Waals surface area contributed by atoms with Crippen LogP contribution in [0.3, 0.4) is 0 Å². The second-order valence-electron chi connectivity index (χ2n) is 12.5. The van der Waals surface area contributed by atoms with E-state index in [1.807, 2.05) is 0 Å². The van der Waals surface area contributed by atoms with E-state index in [1.54, 1.807) is 24.3 Å². The highest BCUT2D eigenvalue weighted by molar-refractivity contribution is 7.87. The van der Waals surface area contributed by atoms with Gasteiger partial charge in [-0.15, -0.1) is 0 Å². The lowest BCUT2D eigenvalue weighted by Crippen LogP contribution is -2.03. The first kappa shape index (κ1) is 42.7. The molecule has 0 aliphatic rings. The molecule has 0 aliphatic carbocycles. The molecule has 7 rings (SSSR count). The van der Waals surface area contributed by atoms with Crippen molar-refractivity contribution in [2.75, 3.05) is 10.6 Å². The van der Waals surface area contributed by atoms with Gasteiger partial charge in [0.2, 0.25) is 17.2 Å². The van der Waals surface area contributed by atoms with E-state index in [9.17, 15) is 51.9 Å². The van der Waals surface area contributed by atoms with Gasteiger partial charge in [-0.25, -0.2) is 0 Å². The maximum absolute atomic E-state index is 12.1. The van der Waals surface area contributed by atoms with Gasteiger partial charge >= 0.3 is 0 Å². The number of nitrogens with one attached hydrogen (secondary N) is 2. The second-order valence-corrected chi connectivity index (χ2v) is 18.4. The molecule has 0 saturated heterocycles. The molecule has 312 valence electrons. The summed E-state index contributed by atoms with van der Waals surface area (Å²) in [5, 5.41) is 21.1. The van der Waals surface area contributed by atoms with Crippen LogP contribution in [0.4, 0.5) is 46.0 Å². The van der Waals surface area contributed by atoms with Crippen LogP contribution in [0.2, 0.25) is 5.28 Å². The number of hydrogen-bond acceptors (Lipinski definition) is 17. The number of anilines is 4. The van der Waals surface area contributed by atoms with E-state index in [0.29, 0.717) is 11.4 Å². The number of benzene rings is 6. The van der Waals surface area contributed by atoms with Crippen LogP contribution in [0.25, 0.3) is 21.5 Å². The van der Waals surface area contributed by atoms with Gasteiger partial charge in [-0.2, -0.15) is 69.1 Å². The summed E-state index contributed by atoms with van der Waals surface area (Å²) in [6.45, 7) is 0. The average Bonchev–Trinajstić information content (AvgIpc) is 3.17. The molecular formula is C35H24ClN9O12S4. The first-order valence-corrected chi connectivity index (χ1v) is 22.8. The summed E-state index contributed by atoms with van der Waals surface area (Å²) < 4.78 is 135. The molecule has 0 bridgehead atoms. The van der Waals surface area contributed by atoms with Crippen molar-refractivity contribution in [3.05, 3.63) is 114 Å². The van der Waals surface area contributed by atoms with E-state index in [1.165, 1.54) is 60.7 Å². The van der Waals surface area contributed by atoms with Crippen molar-refractivity contribution < 1.29 is 51.9 Å². The highest BCUT2D eigenvalue weighted by atomic mass is 35.5. The zero-order valence-corrected chi connectivity index (χ0v) is 34.1. The first-order chi connectivity index (χ1) is 28.6. The number of halogens is 1. The minimum Gasteiger partial charge on any atom is -0.324 e. The Labute approximate surface area is 349 Å². The summed E-state index contributed by atoms with van der Waals surface area (Å²) >= 11 is 6.15. The molecule has 26 heteroatoms. The minimum atomic E-state index is -4.85. The molecule has 0 unspecified atom stereocenters. The largest absolute Gasteiger partial charge is 0.324 e. The van der Waals surface area contributed by atoms with Gasteiger partial charge in [-0.1, -0.05) is 24.3 Å². The smallest absolute Gasteiger partial charge is 0.295 e. The molecule has 0 atom stereocenters. The maximum atomic E-state index is 12.1. The molecule has 6 aromatic carbocycles. The predicted octanol–water partition coefficient (Wildman–Crippen LogP) is 8.14. The molecule has 0 fully saturated rings. The van der Waals surface area contributed by atoms with Crippen molar-refractivity contribution in [1.82, 2.24) is 15.0 Å². The Bertz CT molecular complexity index is 3210. The Kier molecular flexibility index (Phi) is 11.3. The number of fused-ring (bicyclic) bond motifs is 2. The fraction of sp³-hybridized carbons (Fsp3) is 0.